The fourth-order valence-corrected chi connectivity index (χ4v) is 6.73. The number of imide groups is 1. The van der Waals surface area contributed by atoms with E-state index >= 15 is 0 Å². The fourth-order valence-electron chi connectivity index (χ4n) is 6.73. The zero-order chi connectivity index (χ0) is 49.0. The quantitative estimate of drug-likeness (QED) is 0.0460. The molecule has 2 N–H and O–H groups in total. The topological polar surface area (TPSA) is 218 Å². The van der Waals surface area contributed by atoms with E-state index < -0.39 is 47.0 Å². The van der Waals surface area contributed by atoms with E-state index in [0.29, 0.717) is 17.5 Å². The van der Waals surface area contributed by atoms with Crippen molar-refractivity contribution in [1.29, 1.82) is 0 Å². The number of carbonyl (C=O) groups excluding carboxylic acids is 8. The summed E-state index contributed by atoms with van der Waals surface area (Å²) in [7, 11) is 0. The lowest BCUT2D eigenvalue weighted by molar-refractivity contribution is -0.0477. The minimum Gasteiger partial charge on any atom is -0.460 e. The number of amides is 3. The van der Waals surface area contributed by atoms with Gasteiger partial charge in [0.1, 0.15) is 31.0 Å². The summed E-state index contributed by atoms with van der Waals surface area (Å²) in [5, 5.41) is 11.7. The van der Waals surface area contributed by atoms with Gasteiger partial charge in [0, 0.05) is 12.1 Å². The third-order valence-corrected chi connectivity index (χ3v) is 11.3. The van der Waals surface area contributed by atoms with Gasteiger partial charge < -0.3 is 34.1 Å². The number of aliphatic hydroxyl groups is 1. The zero-order valence-electron chi connectivity index (χ0n) is 37.9. The summed E-state index contributed by atoms with van der Waals surface area (Å²) in [5.74, 6) is -4.62. The lowest BCUT2D eigenvalue weighted by Gasteiger charge is -2.28. The molecule has 68 heavy (non-hydrogen) atoms. The first-order chi connectivity index (χ1) is 32.6. The van der Waals surface area contributed by atoms with Gasteiger partial charge in [-0.05, 0) is 123 Å². The van der Waals surface area contributed by atoms with Crippen LogP contribution in [0.2, 0.25) is 0 Å². The second-order valence-electron chi connectivity index (χ2n) is 16.4. The van der Waals surface area contributed by atoms with Crippen molar-refractivity contribution in [1.82, 2.24) is 10.2 Å². The van der Waals surface area contributed by atoms with Crippen molar-refractivity contribution < 1.29 is 67.1 Å². The van der Waals surface area contributed by atoms with Gasteiger partial charge in [-0.2, -0.15) is 0 Å². The van der Waals surface area contributed by atoms with Gasteiger partial charge in [-0.3, -0.25) is 19.3 Å². The van der Waals surface area contributed by atoms with Gasteiger partial charge in [-0.25, -0.2) is 24.0 Å². The van der Waals surface area contributed by atoms with Crippen molar-refractivity contribution in [2.45, 2.75) is 64.8 Å². The first-order valence-electron chi connectivity index (χ1n) is 21.8. The minimum absolute atomic E-state index is 0.0854. The van der Waals surface area contributed by atoms with E-state index in [9.17, 15) is 38.4 Å². The molecule has 0 spiro atoms. The molecular formula is C52H50N2O14. The van der Waals surface area contributed by atoms with E-state index in [1.165, 1.54) is 77.7 Å². The summed E-state index contributed by atoms with van der Waals surface area (Å²) in [6.45, 7) is 5.95. The Hall–Kier alpha value is -7.98. The lowest BCUT2D eigenvalue weighted by Crippen LogP contribution is -2.37. The molecule has 2 unspecified atom stereocenters. The van der Waals surface area contributed by atoms with Crippen LogP contribution in [0.3, 0.4) is 0 Å². The monoisotopic (exact) mass is 926 g/mol. The minimum atomic E-state index is -1.22. The van der Waals surface area contributed by atoms with Crippen molar-refractivity contribution >= 4 is 47.6 Å². The highest BCUT2D eigenvalue weighted by molar-refractivity contribution is 6.21. The molecule has 0 aromatic heterocycles. The highest BCUT2D eigenvalue weighted by Crippen LogP contribution is 2.26. The Balaban J connectivity index is 0.942. The number of esters is 5. The second-order valence-corrected chi connectivity index (χ2v) is 16.4. The predicted octanol–water partition coefficient (Wildman–Crippen LogP) is 6.93. The number of fused-ring (bicyclic) bond motifs is 1. The SMILES string of the molecule is CCC(C)(COC(=O)c1ccc(C(=O)OC(C)(CC)COC(=O)c2ccc(C(=O)NCc3cccc(CN4C(=O)c5ccccc5C4=O)c3)cc2)cc1)OC(=O)c1ccc(C(=O)OCCO)cc1. The van der Waals surface area contributed by atoms with Crippen molar-refractivity contribution in [2.24, 2.45) is 0 Å². The summed E-state index contributed by atoms with van der Waals surface area (Å²) in [6, 6.07) is 30.9. The third-order valence-electron chi connectivity index (χ3n) is 11.3. The summed E-state index contributed by atoms with van der Waals surface area (Å²) >= 11 is 0. The van der Waals surface area contributed by atoms with Crippen LogP contribution in [0.1, 0.15) is 135 Å². The molecule has 0 radical (unpaired) electrons. The summed E-state index contributed by atoms with van der Waals surface area (Å²) in [4.78, 5) is 104. The van der Waals surface area contributed by atoms with Gasteiger partial charge in [-0.15, -0.1) is 0 Å². The highest BCUT2D eigenvalue weighted by atomic mass is 16.6. The molecule has 0 saturated carbocycles. The summed E-state index contributed by atoms with van der Waals surface area (Å²) < 4.78 is 27.3. The van der Waals surface area contributed by atoms with Crippen LogP contribution in [-0.2, 0) is 36.8 Å². The van der Waals surface area contributed by atoms with E-state index in [1.54, 1.807) is 64.1 Å². The molecule has 16 heteroatoms. The van der Waals surface area contributed by atoms with E-state index in [0.717, 1.165) is 11.1 Å². The number of ether oxygens (including phenoxy) is 5. The number of benzene rings is 5. The average Bonchev–Trinajstić information content (AvgIpc) is 3.60. The van der Waals surface area contributed by atoms with E-state index in [4.69, 9.17) is 28.8 Å². The maximum absolute atomic E-state index is 13.2. The van der Waals surface area contributed by atoms with Gasteiger partial charge in [-0.1, -0.05) is 50.2 Å². The molecule has 3 amide bonds. The molecule has 0 saturated heterocycles. The smallest absolute Gasteiger partial charge is 0.338 e. The van der Waals surface area contributed by atoms with Gasteiger partial charge in [0.2, 0.25) is 0 Å². The first kappa shape index (κ1) is 49.5. The number of nitrogens with one attached hydrogen (secondary N) is 1. The Bertz CT molecular complexity index is 2660. The zero-order valence-corrected chi connectivity index (χ0v) is 37.9. The van der Waals surface area contributed by atoms with E-state index in [-0.39, 0.29) is 91.1 Å². The first-order valence-corrected chi connectivity index (χ1v) is 21.8. The number of aliphatic hydroxyl groups excluding tert-OH is 1. The molecule has 0 bridgehead atoms. The normalized spacial score (nSPS) is 13.6. The Kier molecular flexibility index (Phi) is 16.0. The molecule has 0 fully saturated rings. The van der Waals surface area contributed by atoms with Crippen LogP contribution in [0.25, 0.3) is 0 Å². The molecular weight excluding hydrogens is 877 g/mol. The van der Waals surface area contributed by atoms with Crippen LogP contribution in [0.15, 0.2) is 121 Å². The molecule has 0 aliphatic carbocycles. The van der Waals surface area contributed by atoms with E-state index in [1.807, 2.05) is 12.1 Å². The molecule has 16 nitrogen and oxygen atoms in total. The molecule has 352 valence electrons. The van der Waals surface area contributed by atoms with Crippen LogP contribution in [0, 0.1) is 0 Å². The largest absolute Gasteiger partial charge is 0.460 e. The number of rotatable bonds is 20. The Morgan fingerprint density at radius 3 is 1.35 bits per heavy atom. The predicted molar refractivity (Wildman–Crippen MR) is 244 cm³/mol. The van der Waals surface area contributed by atoms with Crippen LogP contribution in [0.5, 0.6) is 0 Å². The van der Waals surface area contributed by atoms with Crippen LogP contribution in [0.4, 0.5) is 0 Å². The Labute approximate surface area is 392 Å². The number of hydrogen-bond acceptors (Lipinski definition) is 14. The van der Waals surface area contributed by atoms with Crippen molar-refractivity contribution in [3.05, 3.63) is 177 Å². The standard InChI is InChI=1S/C52H50N2O14/c1-5-51(3,68-50(63)40-24-20-38(21-25-40)48(61)66-32-52(4,6-2)67-49(62)39-22-18-36(19-23-39)46(59)64-27-26-55)31-65-47(60)37-16-14-35(15-17-37)43(56)53-29-33-10-9-11-34(28-33)30-54-44(57)41-12-7-8-13-42(41)45(54)58/h7-25,28,55H,5-6,26-27,29-32H2,1-4H3,(H,53,56). The number of nitrogens with zero attached hydrogens (tertiary/aromatic N) is 1. The van der Waals surface area contributed by atoms with E-state index in [2.05, 4.69) is 5.32 Å². The molecule has 2 atom stereocenters. The molecule has 1 aliphatic rings. The lowest BCUT2D eigenvalue weighted by atomic mass is 10.0. The maximum Gasteiger partial charge on any atom is 0.338 e. The highest BCUT2D eigenvalue weighted by Gasteiger charge is 2.35. The Morgan fingerprint density at radius 1 is 0.529 bits per heavy atom. The molecule has 1 aliphatic heterocycles. The number of hydrogen-bond donors (Lipinski definition) is 2. The van der Waals surface area contributed by atoms with Crippen LogP contribution < -0.4 is 5.32 Å². The molecule has 1 heterocycles. The molecule has 5 aromatic rings. The fraction of sp³-hybridized carbons (Fsp3) is 0.269. The van der Waals surface area contributed by atoms with Gasteiger partial charge in [0.25, 0.3) is 17.7 Å². The van der Waals surface area contributed by atoms with Crippen molar-refractivity contribution in [3.8, 4) is 0 Å². The van der Waals surface area contributed by atoms with Crippen LogP contribution in [-0.4, -0.2) is 95.2 Å². The van der Waals surface area contributed by atoms with Gasteiger partial charge in [0.05, 0.1) is 52.1 Å². The second kappa shape index (κ2) is 22.0. The van der Waals surface area contributed by atoms with Gasteiger partial charge in [0.15, 0.2) is 0 Å². The van der Waals surface area contributed by atoms with Crippen molar-refractivity contribution in [3.63, 3.8) is 0 Å². The number of carbonyl (C=O) groups is 8. The maximum atomic E-state index is 13.2. The summed E-state index contributed by atoms with van der Waals surface area (Å²) in [6.07, 6.45) is 0.583. The molecule has 6 rings (SSSR count). The third kappa shape index (κ3) is 12.3. The van der Waals surface area contributed by atoms with Gasteiger partial charge >= 0.3 is 29.8 Å². The van der Waals surface area contributed by atoms with Crippen LogP contribution >= 0.6 is 0 Å². The average molecular weight is 927 g/mol. The Morgan fingerprint density at radius 2 is 0.926 bits per heavy atom. The molecule has 5 aromatic carbocycles. The summed E-state index contributed by atoms with van der Waals surface area (Å²) in [5.41, 5.74) is 0.841. The van der Waals surface area contributed by atoms with Crippen molar-refractivity contribution in [2.75, 3.05) is 26.4 Å².